The van der Waals surface area contributed by atoms with Crippen molar-refractivity contribution in [3.63, 3.8) is 0 Å². The van der Waals surface area contributed by atoms with Gasteiger partial charge in [-0.15, -0.1) is 0 Å². The number of anilines is 4. The molecule has 3 fully saturated rings. The lowest BCUT2D eigenvalue weighted by Gasteiger charge is -2.35. The summed E-state index contributed by atoms with van der Waals surface area (Å²) < 4.78 is 26.8. The van der Waals surface area contributed by atoms with Crippen molar-refractivity contribution < 1.29 is 23.8 Å². The lowest BCUT2D eigenvalue weighted by atomic mass is 9.93. The fourth-order valence-electron chi connectivity index (χ4n) is 5.03. The quantitative estimate of drug-likeness (QED) is 0.311. The van der Waals surface area contributed by atoms with E-state index in [1.807, 2.05) is 12.1 Å². The smallest absolute Gasteiger partial charge is 0.259 e. The van der Waals surface area contributed by atoms with Crippen LogP contribution in [0, 0.1) is 5.41 Å². The van der Waals surface area contributed by atoms with E-state index in [1.54, 1.807) is 18.3 Å². The number of amides is 1. The van der Waals surface area contributed by atoms with Gasteiger partial charge in [0.05, 0.1) is 36.8 Å². The minimum absolute atomic E-state index is 0.0703. The molecule has 2 saturated heterocycles. The summed E-state index contributed by atoms with van der Waals surface area (Å²) in [6.45, 7) is 3.44. The molecule has 3 heterocycles. The first-order valence-electron chi connectivity index (χ1n) is 12.8. The molecule has 9 nitrogen and oxygen atoms in total. The summed E-state index contributed by atoms with van der Waals surface area (Å²) in [6.07, 6.45) is 6.50. The number of piperidine rings is 1. The van der Waals surface area contributed by atoms with Crippen LogP contribution < -0.4 is 24.6 Å². The molecule has 5 rings (SSSR count). The largest absolute Gasteiger partial charge is 0.461 e. The Hall–Kier alpha value is -2.76. The number of aromatic nitrogens is 1. The van der Waals surface area contributed by atoms with Crippen molar-refractivity contribution in [3.05, 3.63) is 36.0 Å². The maximum absolute atomic E-state index is 13.5. The van der Waals surface area contributed by atoms with Gasteiger partial charge in [-0.2, -0.15) is 0 Å². The maximum Gasteiger partial charge on any atom is 0.259 e. The number of morpholine rings is 1. The van der Waals surface area contributed by atoms with Gasteiger partial charge in [0.1, 0.15) is 11.6 Å². The lowest BCUT2D eigenvalue weighted by Crippen LogP contribution is -2.36. The average molecular weight is 532 g/mol. The molecular weight excluding hydrogens is 497 g/mol. The summed E-state index contributed by atoms with van der Waals surface area (Å²) in [5, 5.41) is 12.1. The maximum atomic E-state index is 13.5. The molecule has 0 unspecified atom stereocenters. The molecule has 2 aromatic rings. The zero-order valence-corrected chi connectivity index (χ0v) is 21.7. The number of hydrogen-bond donors (Lipinski definition) is 3. The molecule has 1 spiro atoms. The molecule has 37 heavy (non-hydrogen) atoms. The van der Waals surface area contributed by atoms with Crippen LogP contribution in [0.5, 0.6) is 5.75 Å². The Morgan fingerprint density at radius 1 is 1.11 bits per heavy atom. The fraction of sp³-hybridized carbons (Fsp3) is 0.538. The molecule has 3 aliphatic rings. The third-order valence-corrected chi connectivity index (χ3v) is 8.14. The Morgan fingerprint density at radius 2 is 1.86 bits per heavy atom. The number of aliphatic hydroxyl groups excluding tert-OH is 1. The third kappa shape index (κ3) is 6.22. The molecule has 1 aromatic heterocycles. The highest BCUT2D eigenvalue weighted by Crippen LogP contribution is 2.54. The second-order valence-electron chi connectivity index (χ2n) is 9.74. The van der Waals surface area contributed by atoms with Crippen molar-refractivity contribution in [2.24, 2.45) is 5.41 Å². The van der Waals surface area contributed by atoms with Gasteiger partial charge in [-0.05, 0) is 61.2 Å². The second kappa shape index (κ2) is 11.7. The number of hydrogen-bond acceptors (Lipinski definition) is 9. The van der Waals surface area contributed by atoms with Crippen LogP contribution in [0.1, 0.15) is 36.0 Å². The van der Waals surface area contributed by atoms with Gasteiger partial charge in [-0.3, -0.25) is 4.79 Å². The van der Waals surface area contributed by atoms with E-state index in [-0.39, 0.29) is 12.5 Å². The first-order valence-corrected chi connectivity index (χ1v) is 13.8. The average Bonchev–Trinajstić information content (AvgIpc) is 3.69. The molecule has 3 N–H and O–H groups in total. The number of halogens is 1. The Kier molecular flexibility index (Phi) is 8.21. The molecule has 2 aliphatic heterocycles. The van der Waals surface area contributed by atoms with E-state index in [1.165, 1.54) is 24.8 Å². The van der Waals surface area contributed by atoms with Gasteiger partial charge in [-0.1, -0.05) is 0 Å². The number of ether oxygens (including phenoxy) is 2. The Balaban J connectivity index is 1.37. The third-order valence-electron chi connectivity index (χ3n) is 7.40. The second-order valence-corrected chi connectivity index (χ2v) is 10.6. The Labute approximate surface area is 220 Å². The van der Waals surface area contributed by atoms with Crippen molar-refractivity contribution in [1.29, 1.82) is 0 Å². The zero-order valence-electron chi connectivity index (χ0n) is 20.9. The van der Waals surface area contributed by atoms with Crippen LogP contribution in [0.25, 0.3) is 0 Å². The van der Waals surface area contributed by atoms with Gasteiger partial charge in [0.25, 0.3) is 5.91 Å². The summed E-state index contributed by atoms with van der Waals surface area (Å²) in [7, 11) is 0. The van der Waals surface area contributed by atoms with E-state index in [4.69, 9.17) is 14.6 Å². The first kappa shape index (κ1) is 25.9. The summed E-state index contributed by atoms with van der Waals surface area (Å²) >= 11 is 1.38. The highest BCUT2D eigenvalue weighted by atomic mass is 32.2. The molecule has 1 aliphatic carbocycles. The summed E-state index contributed by atoms with van der Waals surface area (Å²) in [6, 6.07) is 7.14. The summed E-state index contributed by atoms with van der Waals surface area (Å²) in [5.41, 5.74) is 3.19. The van der Waals surface area contributed by atoms with Gasteiger partial charge >= 0.3 is 0 Å². The van der Waals surface area contributed by atoms with Crippen molar-refractivity contribution in [1.82, 2.24) is 4.98 Å². The summed E-state index contributed by atoms with van der Waals surface area (Å²) in [5.74, 6) is 1.37. The predicted octanol–water partition coefficient (Wildman–Crippen LogP) is 3.91. The van der Waals surface area contributed by atoms with Crippen LogP contribution in [0.15, 0.2) is 30.5 Å². The number of nitrogens with zero attached hydrogens (tertiary/aromatic N) is 3. The Bertz CT molecular complexity index is 1090. The molecule has 200 valence electrons. The monoisotopic (exact) mass is 531 g/mol. The number of aliphatic hydroxyl groups is 1. The highest BCUT2D eigenvalue weighted by molar-refractivity contribution is 8.00. The highest BCUT2D eigenvalue weighted by Gasteiger charge is 2.44. The molecule has 0 atom stereocenters. The van der Waals surface area contributed by atoms with E-state index < -0.39 is 6.86 Å². The number of nitrogens with one attached hydrogen (secondary N) is 2. The number of rotatable bonds is 10. The van der Waals surface area contributed by atoms with Crippen LogP contribution >= 0.6 is 11.9 Å². The molecule has 1 aromatic carbocycles. The number of benzene rings is 1. The van der Waals surface area contributed by atoms with Crippen LogP contribution in [-0.4, -0.2) is 74.6 Å². The van der Waals surface area contributed by atoms with E-state index in [9.17, 15) is 9.18 Å². The number of alkyl halides is 1. The number of pyridine rings is 1. The number of carbonyl (C=O) groups is 1. The molecular formula is C26H34FN5O4S. The van der Waals surface area contributed by atoms with Gasteiger partial charge in [0, 0.05) is 49.9 Å². The minimum Gasteiger partial charge on any atom is -0.461 e. The van der Waals surface area contributed by atoms with E-state index in [2.05, 4.69) is 24.8 Å². The topological polar surface area (TPSA) is 99.2 Å². The SMILES string of the molecule is O=C(Nc1ccc(OCF)c(N2CCOCC2)c1)c1cnc(NSCCO)cc1N1CCC2(CC1)CC2. The van der Waals surface area contributed by atoms with Crippen molar-refractivity contribution >= 4 is 40.7 Å². The van der Waals surface area contributed by atoms with Crippen LogP contribution in [0.2, 0.25) is 0 Å². The van der Waals surface area contributed by atoms with E-state index in [0.717, 1.165) is 37.3 Å². The van der Waals surface area contributed by atoms with Gasteiger partial charge in [0.15, 0.2) is 0 Å². The summed E-state index contributed by atoms with van der Waals surface area (Å²) in [4.78, 5) is 22.3. The standard InChI is InChI=1S/C26H34FN5O4S/c27-18-36-23-2-1-19(15-22(23)32-9-12-35-13-10-32)29-25(34)20-17-28-24(30-37-14-11-33)16-21(20)31-7-5-26(3-4-26)6-8-31/h1-2,15-17,33H,3-14,18H2,(H,28,30)(H,29,34). The number of carbonyl (C=O) groups excluding carboxylic acids is 1. The zero-order chi connectivity index (χ0) is 25.7. The molecule has 11 heteroatoms. The normalized spacial score (nSPS) is 18.5. The first-order chi connectivity index (χ1) is 18.1. The lowest BCUT2D eigenvalue weighted by molar-refractivity contribution is 0.102. The van der Waals surface area contributed by atoms with Crippen LogP contribution in [-0.2, 0) is 4.74 Å². The van der Waals surface area contributed by atoms with E-state index >= 15 is 0 Å². The fourth-order valence-corrected chi connectivity index (χ4v) is 5.49. The van der Waals surface area contributed by atoms with Gasteiger partial charge in [0.2, 0.25) is 6.86 Å². The predicted molar refractivity (Wildman–Crippen MR) is 145 cm³/mol. The van der Waals surface area contributed by atoms with E-state index in [0.29, 0.717) is 60.3 Å². The molecule has 0 bridgehead atoms. The Morgan fingerprint density at radius 3 is 2.57 bits per heavy atom. The molecule has 0 radical (unpaired) electrons. The van der Waals surface area contributed by atoms with Gasteiger partial charge in [-0.25, -0.2) is 9.37 Å². The van der Waals surface area contributed by atoms with Gasteiger partial charge < -0.3 is 34.4 Å². The molecule has 1 saturated carbocycles. The van der Waals surface area contributed by atoms with Crippen molar-refractivity contribution in [2.75, 3.05) is 78.5 Å². The van der Waals surface area contributed by atoms with Crippen molar-refractivity contribution in [2.45, 2.75) is 25.7 Å². The van der Waals surface area contributed by atoms with Crippen LogP contribution in [0.4, 0.5) is 27.3 Å². The van der Waals surface area contributed by atoms with Crippen molar-refractivity contribution in [3.8, 4) is 5.75 Å². The minimum atomic E-state index is -0.924. The van der Waals surface area contributed by atoms with Crippen LogP contribution in [0.3, 0.4) is 0 Å². The molecule has 1 amide bonds.